The number of carboxylic acids is 1. The fraction of sp³-hybridized carbons (Fsp3) is 0.263. The second-order valence-electron chi connectivity index (χ2n) is 12.2. The molecule has 1 aromatic heterocycles. The number of aliphatic carboxylic acids is 1. The average Bonchev–Trinajstić information content (AvgIpc) is 3.74. The van der Waals surface area contributed by atoms with Crippen LogP contribution in [0.2, 0.25) is 5.02 Å². The molecule has 1 saturated heterocycles. The average molecular weight is 693 g/mol. The van der Waals surface area contributed by atoms with E-state index in [1.807, 2.05) is 41.1 Å². The van der Waals surface area contributed by atoms with Crippen LogP contribution in [0, 0.1) is 11.3 Å². The van der Waals surface area contributed by atoms with Crippen molar-refractivity contribution in [3.05, 3.63) is 106 Å². The number of carboxylic acid groups (broad SMARTS) is 1. The molecule has 5 aromatic rings. The highest BCUT2D eigenvalue weighted by Crippen LogP contribution is 2.39. The first-order valence-electron chi connectivity index (χ1n) is 16.3. The molecule has 50 heavy (non-hydrogen) atoms. The molecular formula is C38H37ClN6O5. The number of aromatic nitrogens is 2. The van der Waals surface area contributed by atoms with Crippen LogP contribution in [0.1, 0.15) is 35.1 Å². The maximum atomic E-state index is 11.5. The monoisotopic (exact) mass is 692 g/mol. The normalized spacial score (nSPS) is 14.8. The molecule has 5 N–H and O–H groups in total. The van der Waals surface area contributed by atoms with E-state index in [4.69, 9.17) is 16.3 Å². The number of hydrogen-bond donors (Lipinski definition) is 5. The summed E-state index contributed by atoms with van der Waals surface area (Å²) < 4.78 is 7.41. The Kier molecular flexibility index (Phi) is 10.7. The van der Waals surface area contributed by atoms with E-state index in [0.717, 1.165) is 51.7 Å². The summed E-state index contributed by atoms with van der Waals surface area (Å²) in [5, 5.41) is 44.0. The molecule has 12 heteroatoms. The van der Waals surface area contributed by atoms with E-state index < -0.39 is 18.6 Å². The van der Waals surface area contributed by atoms with E-state index in [9.17, 15) is 25.1 Å². The molecule has 1 aliphatic heterocycles. The smallest absolute Gasteiger partial charge is 0.323 e. The van der Waals surface area contributed by atoms with Gasteiger partial charge in [-0.05, 0) is 46.9 Å². The second-order valence-corrected chi connectivity index (χ2v) is 12.6. The zero-order chi connectivity index (χ0) is 35.2. The van der Waals surface area contributed by atoms with Gasteiger partial charge in [-0.25, -0.2) is 0 Å². The minimum Gasteiger partial charge on any atom is -0.496 e. The Morgan fingerprint density at radius 3 is 2.56 bits per heavy atom. The number of aliphatic hydroxyl groups excluding tert-OH is 1. The predicted octanol–water partition coefficient (Wildman–Crippen LogP) is 4.86. The number of nitrogens with zero attached hydrogens (tertiary/aromatic N) is 3. The van der Waals surface area contributed by atoms with Gasteiger partial charge in [0.15, 0.2) is 0 Å². The first-order valence-corrected chi connectivity index (χ1v) is 16.7. The zero-order valence-corrected chi connectivity index (χ0v) is 28.2. The van der Waals surface area contributed by atoms with Crippen molar-refractivity contribution in [2.24, 2.45) is 0 Å². The number of methoxy groups -OCH3 is 1. The van der Waals surface area contributed by atoms with Crippen molar-refractivity contribution in [1.82, 2.24) is 25.7 Å². The third-order valence-corrected chi connectivity index (χ3v) is 9.42. The van der Waals surface area contributed by atoms with Gasteiger partial charge in [-0.1, -0.05) is 66.2 Å². The van der Waals surface area contributed by atoms with Crippen molar-refractivity contribution >= 4 is 34.4 Å². The molecule has 4 aromatic carbocycles. The highest BCUT2D eigenvalue weighted by atomic mass is 35.5. The van der Waals surface area contributed by atoms with E-state index >= 15 is 0 Å². The molecule has 1 aliphatic rings. The topological polar surface area (TPSA) is 162 Å². The third-order valence-electron chi connectivity index (χ3n) is 9.01. The van der Waals surface area contributed by atoms with Crippen molar-refractivity contribution in [3.8, 4) is 34.1 Å². The number of benzene rings is 4. The van der Waals surface area contributed by atoms with Gasteiger partial charge < -0.3 is 25.6 Å². The van der Waals surface area contributed by atoms with E-state index in [-0.39, 0.29) is 18.5 Å². The molecule has 0 radical (unpaired) electrons. The lowest BCUT2D eigenvalue weighted by Gasteiger charge is -2.16. The van der Waals surface area contributed by atoms with Crippen molar-refractivity contribution in [1.29, 1.82) is 5.26 Å². The number of carbonyl (C=O) groups is 2. The molecule has 2 heterocycles. The van der Waals surface area contributed by atoms with Gasteiger partial charge >= 0.3 is 5.97 Å². The Bertz CT molecular complexity index is 2070. The molecule has 0 bridgehead atoms. The van der Waals surface area contributed by atoms with Crippen LogP contribution >= 0.6 is 11.6 Å². The number of rotatable bonds is 14. The number of ether oxygens (including phenoxy) is 1. The summed E-state index contributed by atoms with van der Waals surface area (Å²) in [6.45, 7) is 1.25. The van der Waals surface area contributed by atoms with Gasteiger partial charge in [-0.2, -0.15) is 10.4 Å². The molecule has 256 valence electrons. The SMILES string of the molecule is COc1cc(Cn2ncc3c(-c4cccc(-c5ccc(CNCC6CCC(=O)N6)cc5)c4Cl)cccc32)c(C#N)cc1CNC(CO)C(=O)O. The molecule has 0 aliphatic carbocycles. The molecule has 0 spiro atoms. The summed E-state index contributed by atoms with van der Waals surface area (Å²) in [5.41, 5.74) is 7.39. The van der Waals surface area contributed by atoms with Crippen LogP contribution in [0.5, 0.6) is 5.75 Å². The van der Waals surface area contributed by atoms with Crippen LogP contribution < -0.4 is 20.7 Å². The molecule has 2 atom stereocenters. The first-order chi connectivity index (χ1) is 24.3. The Balaban J connectivity index is 1.22. The fourth-order valence-corrected chi connectivity index (χ4v) is 6.64. The summed E-state index contributed by atoms with van der Waals surface area (Å²) in [7, 11) is 1.51. The number of amides is 1. The number of fused-ring (bicyclic) bond motifs is 1. The minimum atomic E-state index is -1.17. The van der Waals surface area contributed by atoms with Crippen molar-refractivity contribution < 1.29 is 24.5 Å². The van der Waals surface area contributed by atoms with Crippen LogP contribution in [0.3, 0.4) is 0 Å². The van der Waals surface area contributed by atoms with E-state index in [1.54, 1.807) is 18.3 Å². The molecule has 1 fully saturated rings. The van der Waals surface area contributed by atoms with Crippen LogP contribution in [0.15, 0.2) is 79.0 Å². The fourth-order valence-electron chi connectivity index (χ4n) is 6.30. The highest BCUT2D eigenvalue weighted by molar-refractivity contribution is 6.36. The summed E-state index contributed by atoms with van der Waals surface area (Å²) >= 11 is 7.11. The third kappa shape index (κ3) is 7.49. The molecule has 0 saturated carbocycles. The standard InChI is InChI=1S/C38H37ClN6O5/c1-50-35-15-27(25(16-40)14-26(35)18-42-33(22-46)38(48)49)21-45-34-7-3-5-30(32(34)20-43-45)31-6-2-4-29(37(31)39)24-10-8-23(9-11-24)17-41-19-28-12-13-36(47)44-28/h2-11,14-15,20,28,33,41-42,46H,12-13,17-19,21-22H2,1H3,(H,44,47)(H,48,49). The number of nitrogens with one attached hydrogen (secondary N) is 3. The maximum Gasteiger partial charge on any atom is 0.323 e. The highest BCUT2D eigenvalue weighted by Gasteiger charge is 2.21. The molecular weight excluding hydrogens is 656 g/mol. The van der Waals surface area contributed by atoms with Gasteiger partial charge in [0.2, 0.25) is 5.91 Å². The lowest BCUT2D eigenvalue weighted by atomic mass is 9.96. The Hall–Kier alpha value is -5.25. The van der Waals surface area contributed by atoms with Crippen LogP contribution in [0.4, 0.5) is 0 Å². The Morgan fingerprint density at radius 1 is 1.10 bits per heavy atom. The number of hydrogen-bond acceptors (Lipinski definition) is 8. The van der Waals surface area contributed by atoms with Crippen molar-refractivity contribution in [3.63, 3.8) is 0 Å². The van der Waals surface area contributed by atoms with E-state index in [1.165, 1.54) is 7.11 Å². The van der Waals surface area contributed by atoms with Gasteiger partial charge in [0.1, 0.15) is 11.8 Å². The van der Waals surface area contributed by atoms with Gasteiger partial charge in [0.05, 0.1) is 48.6 Å². The molecule has 6 rings (SSSR count). The summed E-state index contributed by atoms with van der Waals surface area (Å²) in [4.78, 5) is 22.8. The summed E-state index contributed by atoms with van der Waals surface area (Å²) in [5.74, 6) is -0.571. The molecule has 1 amide bonds. The second kappa shape index (κ2) is 15.5. The first kappa shape index (κ1) is 34.6. The van der Waals surface area contributed by atoms with Crippen LogP contribution in [0.25, 0.3) is 33.2 Å². The van der Waals surface area contributed by atoms with E-state index in [0.29, 0.717) is 47.0 Å². The Labute approximate surface area is 294 Å². The van der Waals surface area contributed by atoms with Gasteiger partial charge in [0, 0.05) is 54.2 Å². The van der Waals surface area contributed by atoms with Gasteiger partial charge in [-0.3, -0.25) is 19.6 Å². The summed E-state index contributed by atoms with van der Waals surface area (Å²) in [6, 6.07) is 25.0. The van der Waals surface area contributed by atoms with Crippen LogP contribution in [-0.4, -0.2) is 64.2 Å². The summed E-state index contributed by atoms with van der Waals surface area (Å²) in [6.07, 6.45) is 3.26. The number of nitriles is 1. The van der Waals surface area contributed by atoms with Crippen molar-refractivity contribution in [2.75, 3.05) is 20.3 Å². The number of aliphatic hydroxyl groups is 1. The van der Waals surface area contributed by atoms with Crippen molar-refractivity contribution in [2.45, 2.75) is 44.6 Å². The van der Waals surface area contributed by atoms with Gasteiger partial charge in [-0.15, -0.1) is 0 Å². The predicted molar refractivity (Wildman–Crippen MR) is 191 cm³/mol. The zero-order valence-electron chi connectivity index (χ0n) is 27.4. The number of carbonyl (C=O) groups excluding carboxylic acids is 1. The largest absolute Gasteiger partial charge is 0.496 e. The lowest BCUT2D eigenvalue weighted by Crippen LogP contribution is -2.39. The lowest BCUT2D eigenvalue weighted by molar-refractivity contribution is -0.140. The van der Waals surface area contributed by atoms with Crippen LogP contribution in [-0.2, 0) is 29.2 Å². The maximum absolute atomic E-state index is 11.5. The quantitative estimate of drug-likeness (QED) is 0.110. The molecule has 11 nitrogen and oxygen atoms in total. The minimum absolute atomic E-state index is 0.0905. The van der Waals surface area contributed by atoms with Gasteiger partial charge in [0.25, 0.3) is 0 Å². The molecule has 2 unspecified atom stereocenters. The van der Waals surface area contributed by atoms with E-state index in [2.05, 4.69) is 51.4 Å². The Morgan fingerprint density at radius 2 is 1.86 bits per heavy atom. The number of halogens is 1.